The van der Waals surface area contributed by atoms with Crippen molar-refractivity contribution < 1.29 is 4.79 Å². The van der Waals surface area contributed by atoms with Gasteiger partial charge in [0.1, 0.15) is 0 Å². The van der Waals surface area contributed by atoms with E-state index in [9.17, 15) is 4.79 Å². The van der Waals surface area contributed by atoms with Gasteiger partial charge in [-0.3, -0.25) is 4.79 Å². The van der Waals surface area contributed by atoms with Gasteiger partial charge in [-0.15, -0.1) is 0 Å². The predicted molar refractivity (Wildman–Crippen MR) is 76.0 cm³/mol. The Bertz CT molecular complexity index is 447. The summed E-state index contributed by atoms with van der Waals surface area (Å²) < 4.78 is 0. The fourth-order valence-electron chi connectivity index (χ4n) is 3.35. The minimum Gasteiger partial charge on any atom is -0.352 e. The summed E-state index contributed by atoms with van der Waals surface area (Å²) in [4.78, 5) is 12.3. The Balaban J connectivity index is 1.57. The van der Waals surface area contributed by atoms with Crippen molar-refractivity contribution in [1.82, 2.24) is 10.6 Å². The molecule has 0 bridgehead atoms. The molecule has 2 aliphatic rings. The molecule has 2 atom stereocenters. The maximum Gasteiger partial charge on any atom is 0.223 e. The minimum absolute atomic E-state index is 0.194. The van der Waals surface area contributed by atoms with E-state index in [1.807, 2.05) is 0 Å². The number of carbonyl (C=O) groups is 1. The minimum atomic E-state index is 0.194. The number of hydrogen-bond donors (Lipinski definition) is 2. The van der Waals surface area contributed by atoms with E-state index in [0.717, 1.165) is 32.2 Å². The van der Waals surface area contributed by atoms with Crippen molar-refractivity contribution >= 4 is 5.91 Å². The molecule has 1 aromatic carbocycles. The number of fused-ring (bicyclic) bond motifs is 1. The van der Waals surface area contributed by atoms with Crippen LogP contribution in [0, 0.1) is 5.92 Å². The summed E-state index contributed by atoms with van der Waals surface area (Å²) in [5.41, 5.74) is 2.79. The van der Waals surface area contributed by atoms with Gasteiger partial charge in [-0.1, -0.05) is 24.3 Å². The van der Waals surface area contributed by atoms with Crippen LogP contribution in [0.4, 0.5) is 0 Å². The van der Waals surface area contributed by atoms with Gasteiger partial charge in [-0.2, -0.15) is 0 Å². The summed E-state index contributed by atoms with van der Waals surface area (Å²) in [5, 5.41) is 6.64. The maximum atomic E-state index is 12.3. The van der Waals surface area contributed by atoms with Crippen molar-refractivity contribution in [1.29, 1.82) is 0 Å². The average Bonchev–Trinajstić information content (AvgIpc) is 2.80. The van der Waals surface area contributed by atoms with Crippen molar-refractivity contribution in [3.05, 3.63) is 35.4 Å². The van der Waals surface area contributed by atoms with Gasteiger partial charge in [0.2, 0.25) is 5.91 Å². The maximum absolute atomic E-state index is 12.3. The summed E-state index contributed by atoms with van der Waals surface area (Å²) in [7, 11) is 0. The summed E-state index contributed by atoms with van der Waals surface area (Å²) in [5.74, 6) is 0.450. The normalized spacial score (nSPS) is 27.0. The number of nitrogens with one attached hydrogen (secondary N) is 2. The lowest BCUT2D eigenvalue weighted by molar-refractivity contribution is -0.126. The molecular weight excluding hydrogens is 236 g/mol. The quantitative estimate of drug-likeness (QED) is 0.847. The van der Waals surface area contributed by atoms with Crippen LogP contribution in [0.1, 0.15) is 30.9 Å². The third-order valence-electron chi connectivity index (χ3n) is 4.39. The number of amides is 1. The van der Waals surface area contributed by atoms with Crippen LogP contribution in [0.3, 0.4) is 0 Å². The van der Waals surface area contributed by atoms with E-state index in [0.29, 0.717) is 12.1 Å². The lowest BCUT2D eigenvalue weighted by Gasteiger charge is -2.28. The van der Waals surface area contributed by atoms with Crippen LogP contribution in [0.25, 0.3) is 0 Å². The van der Waals surface area contributed by atoms with Crippen LogP contribution in [-0.4, -0.2) is 24.5 Å². The first kappa shape index (κ1) is 12.7. The summed E-state index contributed by atoms with van der Waals surface area (Å²) >= 11 is 0. The molecule has 1 saturated heterocycles. The number of hydrogen-bond acceptors (Lipinski definition) is 2. The molecule has 102 valence electrons. The number of benzene rings is 1. The van der Waals surface area contributed by atoms with Gasteiger partial charge in [-0.25, -0.2) is 0 Å². The molecule has 19 heavy (non-hydrogen) atoms. The SMILES string of the molecule is CC1CC(C(=O)NC2Cc3ccccc3C2)CCN1. The zero-order valence-electron chi connectivity index (χ0n) is 11.5. The summed E-state index contributed by atoms with van der Waals surface area (Å²) in [6, 6.07) is 9.28. The zero-order chi connectivity index (χ0) is 13.2. The Morgan fingerprint density at radius 1 is 1.26 bits per heavy atom. The fraction of sp³-hybridized carbons (Fsp3) is 0.562. The Morgan fingerprint density at radius 3 is 2.58 bits per heavy atom. The lowest BCUT2D eigenvalue weighted by Crippen LogP contribution is -2.45. The first-order chi connectivity index (χ1) is 9.22. The molecule has 1 aliphatic carbocycles. The third kappa shape index (κ3) is 2.81. The molecule has 1 aliphatic heterocycles. The average molecular weight is 258 g/mol. The molecular formula is C16H22N2O. The molecule has 1 amide bonds. The zero-order valence-corrected chi connectivity index (χ0v) is 11.5. The van der Waals surface area contributed by atoms with Crippen molar-refractivity contribution in [2.45, 2.75) is 44.7 Å². The van der Waals surface area contributed by atoms with E-state index in [-0.39, 0.29) is 11.8 Å². The van der Waals surface area contributed by atoms with E-state index in [1.165, 1.54) is 11.1 Å². The Hall–Kier alpha value is -1.35. The molecule has 3 rings (SSSR count). The first-order valence-corrected chi connectivity index (χ1v) is 7.33. The predicted octanol–water partition coefficient (Wildman–Crippen LogP) is 1.66. The largest absolute Gasteiger partial charge is 0.352 e. The van der Waals surface area contributed by atoms with Crippen LogP contribution in [-0.2, 0) is 17.6 Å². The Kier molecular flexibility index (Phi) is 3.56. The second-order valence-electron chi connectivity index (χ2n) is 5.96. The van der Waals surface area contributed by atoms with Crippen molar-refractivity contribution in [2.24, 2.45) is 5.92 Å². The van der Waals surface area contributed by atoms with Gasteiger partial charge < -0.3 is 10.6 Å². The smallest absolute Gasteiger partial charge is 0.223 e. The molecule has 1 fully saturated rings. The van der Waals surface area contributed by atoms with E-state index in [2.05, 4.69) is 41.8 Å². The van der Waals surface area contributed by atoms with Crippen LogP contribution in [0.5, 0.6) is 0 Å². The van der Waals surface area contributed by atoms with E-state index < -0.39 is 0 Å². The lowest BCUT2D eigenvalue weighted by atomic mass is 9.92. The summed E-state index contributed by atoms with van der Waals surface area (Å²) in [6.45, 7) is 3.12. The number of carbonyl (C=O) groups excluding carboxylic acids is 1. The first-order valence-electron chi connectivity index (χ1n) is 7.33. The van der Waals surface area contributed by atoms with Gasteiger partial charge in [-0.05, 0) is 50.3 Å². The fourth-order valence-corrected chi connectivity index (χ4v) is 3.35. The molecule has 0 radical (unpaired) electrons. The highest BCUT2D eigenvalue weighted by molar-refractivity contribution is 5.79. The van der Waals surface area contributed by atoms with Crippen LogP contribution < -0.4 is 10.6 Å². The second-order valence-corrected chi connectivity index (χ2v) is 5.96. The van der Waals surface area contributed by atoms with Crippen molar-refractivity contribution in [3.8, 4) is 0 Å². The molecule has 1 heterocycles. The highest BCUT2D eigenvalue weighted by Gasteiger charge is 2.28. The molecule has 3 nitrogen and oxygen atoms in total. The molecule has 0 aromatic heterocycles. The summed E-state index contributed by atoms with van der Waals surface area (Å²) in [6.07, 6.45) is 3.91. The van der Waals surface area contributed by atoms with E-state index in [4.69, 9.17) is 0 Å². The van der Waals surface area contributed by atoms with Gasteiger partial charge >= 0.3 is 0 Å². The van der Waals surface area contributed by atoms with Crippen LogP contribution in [0.15, 0.2) is 24.3 Å². The van der Waals surface area contributed by atoms with Crippen LogP contribution >= 0.6 is 0 Å². The highest BCUT2D eigenvalue weighted by atomic mass is 16.1. The number of piperidine rings is 1. The third-order valence-corrected chi connectivity index (χ3v) is 4.39. The Labute approximate surface area is 114 Å². The molecule has 0 saturated carbocycles. The van der Waals surface area contributed by atoms with Crippen molar-refractivity contribution in [2.75, 3.05) is 6.54 Å². The monoisotopic (exact) mass is 258 g/mol. The topological polar surface area (TPSA) is 41.1 Å². The molecule has 2 unspecified atom stereocenters. The number of rotatable bonds is 2. The van der Waals surface area contributed by atoms with Gasteiger partial charge in [0, 0.05) is 18.0 Å². The van der Waals surface area contributed by atoms with Crippen molar-refractivity contribution in [3.63, 3.8) is 0 Å². The van der Waals surface area contributed by atoms with Crippen LogP contribution in [0.2, 0.25) is 0 Å². The van der Waals surface area contributed by atoms with Gasteiger partial charge in [0.15, 0.2) is 0 Å². The molecule has 2 N–H and O–H groups in total. The molecule has 3 heteroatoms. The standard InChI is InChI=1S/C16H22N2O/c1-11-8-14(6-7-17-11)16(19)18-15-9-12-4-2-3-5-13(12)10-15/h2-5,11,14-15,17H,6-10H2,1H3,(H,18,19). The Morgan fingerprint density at radius 2 is 1.95 bits per heavy atom. The second kappa shape index (κ2) is 5.33. The van der Waals surface area contributed by atoms with E-state index >= 15 is 0 Å². The van der Waals surface area contributed by atoms with E-state index in [1.54, 1.807) is 0 Å². The molecule has 0 spiro atoms. The van der Waals surface area contributed by atoms with Gasteiger partial charge in [0.05, 0.1) is 0 Å². The highest BCUT2D eigenvalue weighted by Crippen LogP contribution is 2.23. The van der Waals surface area contributed by atoms with Gasteiger partial charge in [0.25, 0.3) is 0 Å². The molecule has 1 aromatic rings.